The van der Waals surface area contributed by atoms with E-state index in [0.717, 1.165) is 13.8 Å². The lowest BCUT2D eigenvalue weighted by molar-refractivity contribution is -0.180. The molecule has 0 heterocycles. The normalized spacial score (nSPS) is 13.8. The van der Waals surface area contributed by atoms with E-state index in [2.05, 4.69) is 0 Å². The molecule has 0 saturated heterocycles. The average Bonchev–Trinajstić information content (AvgIpc) is 2.36. The minimum Gasteiger partial charge on any atom is -0.466 e. The minimum atomic E-state index is -4.43. The summed E-state index contributed by atoms with van der Waals surface area (Å²) in [5, 5.41) is 0.143. The van der Waals surface area contributed by atoms with E-state index in [9.17, 15) is 18.0 Å². The second-order valence-corrected chi connectivity index (χ2v) is 5.95. The first-order chi connectivity index (χ1) is 9.99. The molecule has 1 aromatic rings. The summed E-state index contributed by atoms with van der Waals surface area (Å²) < 4.78 is 44.2. The summed E-state index contributed by atoms with van der Waals surface area (Å²) in [7, 11) is 0. The van der Waals surface area contributed by atoms with E-state index in [1.165, 1.54) is 18.2 Å². The van der Waals surface area contributed by atoms with Crippen molar-refractivity contribution in [1.82, 2.24) is 0 Å². The molecular weight excluding hydrogens is 319 g/mol. The van der Waals surface area contributed by atoms with Gasteiger partial charge in [-0.2, -0.15) is 13.2 Å². The third-order valence-electron chi connectivity index (χ3n) is 3.47. The zero-order valence-corrected chi connectivity index (χ0v) is 13.4. The van der Waals surface area contributed by atoms with Crippen molar-refractivity contribution in [2.24, 2.45) is 5.73 Å². The number of rotatable bonds is 5. The second-order valence-electron chi connectivity index (χ2n) is 5.51. The molecule has 0 bridgehead atoms. The highest BCUT2D eigenvalue weighted by atomic mass is 35.5. The van der Waals surface area contributed by atoms with Gasteiger partial charge in [-0.05, 0) is 44.0 Å². The van der Waals surface area contributed by atoms with E-state index in [0.29, 0.717) is 5.56 Å². The molecule has 0 aliphatic rings. The molecule has 0 fully saturated rings. The number of alkyl halides is 3. The molecule has 1 rings (SSSR count). The molecule has 7 heteroatoms. The molecule has 0 amide bonds. The summed E-state index contributed by atoms with van der Waals surface area (Å²) in [5.74, 6) is -0.508. The molecule has 0 aliphatic carbocycles. The number of benzene rings is 1. The van der Waals surface area contributed by atoms with Crippen LogP contribution in [0, 0.1) is 0 Å². The Labute approximate surface area is 132 Å². The van der Waals surface area contributed by atoms with Crippen LogP contribution in [0.25, 0.3) is 0 Å². The lowest BCUT2D eigenvalue weighted by Gasteiger charge is -2.29. The van der Waals surface area contributed by atoms with Crippen molar-refractivity contribution in [2.75, 3.05) is 6.61 Å². The van der Waals surface area contributed by atoms with Gasteiger partial charge >= 0.3 is 12.1 Å². The largest absolute Gasteiger partial charge is 0.466 e. The van der Waals surface area contributed by atoms with E-state index < -0.39 is 23.6 Å². The first-order valence-electron chi connectivity index (χ1n) is 6.78. The summed E-state index contributed by atoms with van der Waals surface area (Å²) in [6, 6.07) is 3.28. The van der Waals surface area contributed by atoms with Crippen LogP contribution in [-0.4, -0.2) is 18.8 Å². The van der Waals surface area contributed by atoms with E-state index >= 15 is 0 Å². The van der Waals surface area contributed by atoms with Crippen molar-refractivity contribution in [3.05, 3.63) is 34.3 Å². The fourth-order valence-electron chi connectivity index (χ4n) is 1.87. The highest BCUT2D eigenvalue weighted by molar-refractivity contribution is 6.30. The van der Waals surface area contributed by atoms with Crippen molar-refractivity contribution in [3.8, 4) is 0 Å². The van der Waals surface area contributed by atoms with Gasteiger partial charge in [-0.3, -0.25) is 4.79 Å². The maximum absolute atomic E-state index is 13.1. The molecular formula is C15H19ClF3NO2. The molecule has 124 valence electrons. The molecule has 0 aromatic heterocycles. The van der Waals surface area contributed by atoms with Crippen molar-refractivity contribution in [1.29, 1.82) is 0 Å². The predicted molar refractivity (Wildman–Crippen MR) is 78.7 cm³/mol. The zero-order valence-electron chi connectivity index (χ0n) is 12.6. The number of carbonyl (C=O) groups is 1. The van der Waals surface area contributed by atoms with Crippen LogP contribution in [0.1, 0.15) is 44.4 Å². The highest BCUT2D eigenvalue weighted by Crippen LogP contribution is 2.41. The number of nitrogens with two attached hydrogens (primary N) is 1. The van der Waals surface area contributed by atoms with E-state index in [4.69, 9.17) is 22.1 Å². The first-order valence-corrected chi connectivity index (χ1v) is 7.15. The van der Waals surface area contributed by atoms with Crippen LogP contribution in [0.4, 0.5) is 13.2 Å². The van der Waals surface area contributed by atoms with Gasteiger partial charge in [0.25, 0.3) is 0 Å². The summed E-state index contributed by atoms with van der Waals surface area (Å²) in [6.45, 7) is 4.01. The van der Waals surface area contributed by atoms with Gasteiger partial charge in [0.1, 0.15) is 0 Å². The third-order valence-corrected chi connectivity index (χ3v) is 3.69. The first kappa shape index (κ1) is 18.8. The topological polar surface area (TPSA) is 52.3 Å². The summed E-state index contributed by atoms with van der Waals surface area (Å²) in [6.07, 6.45) is -4.56. The molecule has 3 nitrogen and oxygen atoms in total. The number of hydrogen-bond donors (Lipinski definition) is 1. The van der Waals surface area contributed by atoms with Crippen molar-refractivity contribution < 1.29 is 22.7 Å². The van der Waals surface area contributed by atoms with Crippen LogP contribution < -0.4 is 5.73 Å². The molecule has 0 unspecified atom stereocenters. The van der Waals surface area contributed by atoms with Gasteiger partial charge in [0.15, 0.2) is 0 Å². The highest BCUT2D eigenvalue weighted by Gasteiger charge is 2.48. The second kappa shape index (κ2) is 6.87. The van der Waals surface area contributed by atoms with Crippen LogP contribution in [0.2, 0.25) is 5.02 Å². The molecule has 0 spiro atoms. The zero-order chi connectivity index (χ0) is 17.1. The molecule has 22 heavy (non-hydrogen) atoms. The van der Waals surface area contributed by atoms with Gasteiger partial charge in [-0.1, -0.05) is 17.7 Å². The molecule has 0 aliphatic heterocycles. The molecule has 0 radical (unpaired) electrons. The van der Waals surface area contributed by atoms with Crippen LogP contribution in [0.15, 0.2) is 18.2 Å². The number of carbonyl (C=O) groups excluding carboxylic acids is 1. The Hall–Kier alpha value is -1.27. The van der Waals surface area contributed by atoms with Gasteiger partial charge in [-0.25, -0.2) is 0 Å². The van der Waals surface area contributed by atoms with E-state index in [-0.39, 0.29) is 23.6 Å². The predicted octanol–water partition coefficient (Wildman–Crippen LogP) is 4.13. The third kappa shape index (κ3) is 4.36. The maximum atomic E-state index is 13.1. The molecule has 1 atom stereocenters. The van der Waals surface area contributed by atoms with E-state index in [1.807, 2.05) is 0 Å². The summed E-state index contributed by atoms with van der Waals surface area (Å²) in [4.78, 5) is 11.4. The quantitative estimate of drug-likeness (QED) is 0.822. The number of hydrogen-bond acceptors (Lipinski definition) is 3. The number of halogens is 4. The smallest absolute Gasteiger partial charge is 0.397 e. The minimum absolute atomic E-state index is 0.00167. The fraction of sp³-hybridized carbons (Fsp3) is 0.533. The summed E-state index contributed by atoms with van der Waals surface area (Å²) >= 11 is 5.91. The molecule has 1 aromatic carbocycles. The van der Waals surface area contributed by atoms with Crippen molar-refractivity contribution in [2.45, 2.75) is 44.8 Å². The Balaban J connectivity index is 3.12. The van der Waals surface area contributed by atoms with Crippen LogP contribution in [-0.2, 0) is 14.9 Å². The van der Waals surface area contributed by atoms with Gasteiger partial charge in [0, 0.05) is 11.1 Å². The Morgan fingerprint density at radius 1 is 1.32 bits per heavy atom. The van der Waals surface area contributed by atoms with Crippen LogP contribution >= 0.6 is 11.6 Å². The monoisotopic (exact) mass is 337 g/mol. The lowest BCUT2D eigenvalue weighted by atomic mass is 9.82. The van der Waals surface area contributed by atoms with Gasteiger partial charge < -0.3 is 10.5 Å². The van der Waals surface area contributed by atoms with Crippen molar-refractivity contribution >= 4 is 17.6 Å². The lowest BCUT2D eigenvalue weighted by Crippen LogP contribution is -2.36. The maximum Gasteiger partial charge on any atom is 0.397 e. The summed E-state index contributed by atoms with van der Waals surface area (Å²) in [5.41, 5.74) is 4.17. The molecule has 0 saturated carbocycles. The fourth-order valence-corrected chi connectivity index (χ4v) is 2.11. The number of esters is 1. The Morgan fingerprint density at radius 3 is 2.41 bits per heavy atom. The Kier molecular flexibility index (Phi) is 5.87. The Bertz CT molecular complexity index is 544. The Morgan fingerprint density at radius 2 is 1.91 bits per heavy atom. The average molecular weight is 338 g/mol. The van der Waals surface area contributed by atoms with Crippen LogP contribution in [0.3, 0.4) is 0 Å². The van der Waals surface area contributed by atoms with Gasteiger partial charge in [0.2, 0.25) is 0 Å². The SMILES string of the molecule is CCOC(=O)C[C@H](N)c1cc(Cl)cc(C(C)(C)C(F)(F)F)c1. The van der Waals surface area contributed by atoms with E-state index in [1.54, 1.807) is 6.92 Å². The standard InChI is InChI=1S/C15H19ClF3NO2/c1-4-22-13(21)8-12(20)9-5-10(7-11(16)6-9)14(2,3)15(17,18)19/h5-7,12H,4,8,20H2,1-3H3/t12-/m0/s1. The number of ether oxygens (including phenoxy) is 1. The molecule has 2 N–H and O–H groups in total. The van der Waals surface area contributed by atoms with Crippen LogP contribution in [0.5, 0.6) is 0 Å². The van der Waals surface area contributed by atoms with Gasteiger partial charge in [-0.15, -0.1) is 0 Å². The van der Waals surface area contributed by atoms with Crippen molar-refractivity contribution in [3.63, 3.8) is 0 Å². The van der Waals surface area contributed by atoms with Gasteiger partial charge in [0.05, 0.1) is 18.4 Å².